The van der Waals surface area contributed by atoms with Gasteiger partial charge in [-0.05, 0) is 48.3 Å². The van der Waals surface area contributed by atoms with Crippen LogP contribution < -0.4 is 15.5 Å². The molecule has 1 saturated heterocycles. The molecule has 25 heavy (non-hydrogen) atoms. The zero-order valence-electron chi connectivity index (χ0n) is 14.1. The van der Waals surface area contributed by atoms with E-state index in [-0.39, 0.29) is 6.10 Å². The van der Waals surface area contributed by atoms with Crippen molar-refractivity contribution in [3.8, 4) is 0 Å². The summed E-state index contributed by atoms with van der Waals surface area (Å²) in [5.74, 6) is 0.986. The molecule has 2 aromatic rings. The average molecular weight is 354 g/mol. The predicted molar refractivity (Wildman–Crippen MR) is 104 cm³/mol. The van der Waals surface area contributed by atoms with E-state index < -0.39 is 0 Å². The molecule has 0 saturated carbocycles. The molecule has 2 aliphatic rings. The van der Waals surface area contributed by atoms with Gasteiger partial charge in [0.25, 0.3) is 0 Å². The van der Waals surface area contributed by atoms with Crippen molar-refractivity contribution in [3.63, 3.8) is 0 Å². The monoisotopic (exact) mass is 354 g/mol. The highest BCUT2D eigenvalue weighted by Crippen LogP contribution is 2.27. The highest BCUT2D eigenvalue weighted by Gasteiger charge is 2.19. The van der Waals surface area contributed by atoms with E-state index in [9.17, 15) is 0 Å². The molecule has 0 bridgehead atoms. The molecule has 1 atom stereocenters. The van der Waals surface area contributed by atoms with Gasteiger partial charge in [-0.3, -0.25) is 0 Å². The molecular formula is C19H22N4OS. The summed E-state index contributed by atoms with van der Waals surface area (Å²) < 4.78 is 5.59. The third-order valence-electron chi connectivity index (χ3n) is 4.68. The zero-order valence-corrected chi connectivity index (χ0v) is 14.9. The Bertz CT molecular complexity index is 718. The molecule has 1 fully saturated rings. The van der Waals surface area contributed by atoms with Crippen LogP contribution in [0.3, 0.4) is 0 Å². The van der Waals surface area contributed by atoms with Crippen molar-refractivity contribution in [3.05, 3.63) is 53.7 Å². The lowest BCUT2D eigenvalue weighted by Crippen LogP contribution is -2.34. The first kappa shape index (κ1) is 16.3. The number of pyridine rings is 1. The smallest absolute Gasteiger partial charge is 0.170 e. The standard InChI is InChI=1S/C19H22N4OS/c25-19(21-11-17-6-3-9-24-17)22-16-7-8-18(20-10-16)23-12-14-4-1-2-5-15(14)13-23/h1-2,4-5,7-8,10,17H,3,6,9,11-13H2,(H2,21,22,25). The van der Waals surface area contributed by atoms with Crippen molar-refractivity contribution in [2.45, 2.75) is 32.0 Å². The summed E-state index contributed by atoms with van der Waals surface area (Å²) in [6.07, 6.45) is 4.35. The van der Waals surface area contributed by atoms with Gasteiger partial charge in [0.2, 0.25) is 0 Å². The minimum atomic E-state index is 0.275. The summed E-state index contributed by atoms with van der Waals surface area (Å²) in [4.78, 5) is 6.87. The molecule has 0 spiro atoms. The van der Waals surface area contributed by atoms with Crippen molar-refractivity contribution >= 4 is 28.8 Å². The van der Waals surface area contributed by atoms with Gasteiger partial charge in [-0.2, -0.15) is 0 Å². The van der Waals surface area contributed by atoms with Gasteiger partial charge in [0, 0.05) is 26.2 Å². The van der Waals surface area contributed by atoms with Crippen LogP contribution in [0, 0.1) is 0 Å². The SMILES string of the molecule is S=C(NCC1CCCO1)Nc1ccc(N2Cc3ccccc3C2)nc1. The second-order valence-corrected chi connectivity index (χ2v) is 6.91. The maximum Gasteiger partial charge on any atom is 0.170 e. The van der Waals surface area contributed by atoms with E-state index in [4.69, 9.17) is 17.0 Å². The Morgan fingerprint density at radius 1 is 1.20 bits per heavy atom. The van der Waals surface area contributed by atoms with Crippen LogP contribution >= 0.6 is 12.2 Å². The second kappa shape index (κ2) is 7.37. The Balaban J connectivity index is 1.31. The number of ether oxygens (including phenoxy) is 1. The van der Waals surface area contributed by atoms with Gasteiger partial charge < -0.3 is 20.3 Å². The lowest BCUT2D eigenvalue weighted by Gasteiger charge is -2.17. The first-order valence-electron chi connectivity index (χ1n) is 8.72. The quantitative estimate of drug-likeness (QED) is 0.823. The zero-order chi connectivity index (χ0) is 17.1. The Kier molecular flexibility index (Phi) is 4.81. The Labute approximate surface area is 153 Å². The normalized spacial score (nSPS) is 18.9. The first-order chi connectivity index (χ1) is 12.3. The highest BCUT2D eigenvalue weighted by atomic mass is 32.1. The van der Waals surface area contributed by atoms with E-state index in [0.717, 1.165) is 50.6 Å². The van der Waals surface area contributed by atoms with E-state index in [1.807, 2.05) is 18.3 Å². The summed E-state index contributed by atoms with van der Waals surface area (Å²) in [5.41, 5.74) is 3.65. The Hall–Kier alpha value is -2.18. The fraction of sp³-hybridized carbons (Fsp3) is 0.368. The number of thiocarbonyl (C=S) groups is 1. The summed E-state index contributed by atoms with van der Waals surface area (Å²) in [7, 11) is 0. The summed E-state index contributed by atoms with van der Waals surface area (Å²) in [6, 6.07) is 12.6. The number of nitrogens with one attached hydrogen (secondary N) is 2. The highest BCUT2D eigenvalue weighted by molar-refractivity contribution is 7.80. The first-order valence-corrected chi connectivity index (χ1v) is 9.13. The van der Waals surface area contributed by atoms with Crippen LogP contribution in [-0.4, -0.2) is 29.4 Å². The van der Waals surface area contributed by atoms with Gasteiger partial charge in [-0.1, -0.05) is 24.3 Å². The number of nitrogens with zero attached hydrogens (tertiary/aromatic N) is 2. The van der Waals surface area contributed by atoms with Gasteiger partial charge in [0.1, 0.15) is 5.82 Å². The van der Waals surface area contributed by atoms with Crippen LogP contribution in [0.4, 0.5) is 11.5 Å². The molecule has 1 aromatic carbocycles. The van der Waals surface area contributed by atoms with Crippen molar-refractivity contribution < 1.29 is 4.74 Å². The molecule has 1 aromatic heterocycles. The molecule has 2 N–H and O–H groups in total. The van der Waals surface area contributed by atoms with Crippen molar-refractivity contribution in [1.82, 2.24) is 10.3 Å². The van der Waals surface area contributed by atoms with E-state index in [1.54, 1.807) is 0 Å². The molecule has 3 heterocycles. The van der Waals surface area contributed by atoms with Crippen LogP contribution in [0.15, 0.2) is 42.6 Å². The Morgan fingerprint density at radius 3 is 2.64 bits per heavy atom. The fourth-order valence-electron chi connectivity index (χ4n) is 3.33. The predicted octanol–water partition coefficient (Wildman–Crippen LogP) is 3.07. The number of hydrogen-bond donors (Lipinski definition) is 2. The molecule has 1 unspecified atom stereocenters. The molecule has 2 aliphatic heterocycles. The number of rotatable bonds is 4. The lowest BCUT2D eigenvalue weighted by atomic mass is 10.1. The van der Waals surface area contributed by atoms with Crippen LogP contribution in [0.2, 0.25) is 0 Å². The third kappa shape index (κ3) is 3.91. The number of benzene rings is 1. The van der Waals surface area contributed by atoms with Gasteiger partial charge in [-0.25, -0.2) is 4.98 Å². The molecule has 6 heteroatoms. The van der Waals surface area contributed by atoms with Gasteiger partial charge >= 0.3 is 0 Å². The molecule has 5 nitrogen and oxygen atoms in total. The molecule has 0 amide bonds. The van der Waals surface area contributed by atoms with Gasteiger partial charge in [0.15, 0.2) is 5.11 Å². The average Bonchev–Trinajstić information content (AvgIpc) is 3.30. The lowest BCUT2D eigenvalue weighted by molar-refractivity contribution is 0.114. The van der Waals surface area contributed by atoms with Crippen LogP contribution in [-0.2, 0) is 17.8 Å². The molecular weight excluding hydrogens is 332 g/mol. The second-order valence-electron chi connectivity index (χ2n) is 6.50. The summed E-state index contributed by atoms with van der Waals surface area (Å²) >= 11 is 5.34. The van der Waals surface area contributed by atoms with E-state index in [1.165, 1.54) is 11.1 Å². The van der Waals surface area contributed by atoms with Crippen LogP contribution in [0.25, 0.3) is 0 Å². The summed E-state index contributed by atoms with van der Waals surface area (Å²) in [5, 5.41) is 7.01. The minimum Gasteiger partial charge on any atom is -0.376 e. The number of hydrogen-bond acceptors (Lipinski definition) is 4. The topological polar surface area (TPSA) is 49.4 Å². The van der Waals surface area contributed by atoms with E-state index in [2.05, 4.69) is 44.8 Å². The molecule has 130 valence electrons. The fourth-order valence-corrected chi connectivity index (χ4v) is 3.53. The largest absolute Gasteiger partial charge is 0.376 e. The van der Waals surface area contributed by atoms with E-state index in [0.29, 0.717) is 5.11 Å². The van der Waals surface area contributed by atoms with Gasteiger partial charge in [-0.15, -0.1) is 0 Å². The summed E-state index contributed by atoms with van der Waals surface area (Å²) in [6.45, 7) is 3.44. The number of aromatic nitrogens is 1. The number of anilines is 2. The number of fused-ring (bicyclic) bond motifs is 1. The third-order valence-corrected chi connectivity index (χ3v) is 4.93. The van der Waals surface area contributed by atoms with Crippen LogP contribution in [0.1, 0.15) is 24.0 Å². The molecule has 0 aliphatic carbocycles. The van der Waals surface area contributed by atoms with E-state index >= 15 is 0 Å². The molecule has 0 radical (unpaired) electrons. The van der Waals surface area contributed by atoms with Crippen molar-refractivity contribution in [2.24, 2.45) is 0 Å². The van der Waals surface area contributed by atoms with Crippen LogP contribution in [0.5, 0.6) is 0 Å². The van der Waals surface area contributed by atoms with Crippen molar-refractivity contribution in [2.75, 3.05) is 23.4 Å². The molecule has 4 rings (SSSR count). The minimum absolute atomic E-state index is 0.275. The Morgan fingerprint density at radius 2 is 2.00 bits per heavy atom. The maximum atomic E-state index is 5.59. The van der Waals surface area contributed by atoms with Crippen molar-refractivity contribution in [1.29, 1.82) is 0 Å². The van der Waals surface area contributed by atoms with Gasteiger partial charge in [0.05, 0.1) is 18.0 Å². The maximum absolute atomic E-state index is 5.59.